The number of aryl methyl sites for hydroxylation is 1. The molecule has 1 amide bonds. The fourth-order valence-electron chi connectivity index (χ4n) is 4.31. The lowest BCUT2D eigenvalue weighted by Gasteiger charge is -2.17. The zero-order valence-electron chi connectivity index (χ0n) is 20.3. The minimum Gasteiger partial charge on any atom is -0.481 e. The molecule has 2 aromatic heterocycles. The maximum atomic E-state index is 13.3. The number of carboxylic acids is 1. The zero-order chi connectivity index (χ0) is 25.7. The maximum Gasteiger partial charge on any atom is 0.305 e. The van der Waals surface area contributed by atoms with Gasteiger partial charge in [-0.25, -0.2) is 4.98 Å². The summed E-state index contributed by atoms with van der Waals surface area (Å²) < 4.78 is 1.98. The number of amides is 1. The van der Waals surface area contributed by atoms with Crippen molar-refractivity contribution >= 4 is 11.9 Å². The number of aromatic nitrogens is 3. The molecule has 2 heterocycles. The van der Waals surface area contributed by atoms with Crippen molar-refractivity contribution in [3.8, 4) is 11.4 Å². The van der Waals surface area contributed by atoms with Crippen LogP contribution in [-0.4, -0.2) is 53.9 Å². The van der Waals surface area contributed by atoms with E-state index in [1.807, 2.05) is 54.0 Å². The van der Waals surface area contributed by atoms with Crippen LogP contribution in [0.1, 0.15) is 65.5 Å². The Balaban J connectivity index is 1.60. The van der Waals surface area contributed by atoms with E-state index in [2.05, 4.69) is 10.3 Å². The first-order valence-electron chi connectivity index (χ1n) is 12.2. The van der Waals surface area contributed by atoms with Gasteiger partial charge in [-0.1, -0.05) is 30.3 Å². The van der Waals surface area contributed by atoms with Gasteiger partial charge in [0.05, 0.1) is 24.3 Å². The van der Waals surface area contributed by atoms with E-state index in [1.54, 1.807) is 6.20 Å². The number of hydrogen-bond donors (Lipinski definition) is 4. The first-order chi connectivity index (χ1) is 17.3. The Morgan fingerprint density at radius 1 is 1.11 bits per heavy atom. The molecule has 1 aromatic carbocycles. The van der Waals surface area contributed by atoms with Crippen LogP contribution < -0.4 is 5.32 Å². The van der Waals surface area contributed by atoms with Crippen LogP contribution in [0.5, 0.6) is 0 Å². The number of imidazole rings is 1. The molecule has 0 spiro atoms. The molecule has 1 aliphatic rings. The topological polar surface area (TPSA) is 138 Å². The lowest BCUT2D eigenvalue weighted by atomic mass is 10.1. The average molecular weight is 493 g/mol. The third-order valence-electron chi connectivity index (χ3n) is 6.29. The molecule has 3 aromatic rings. The molecule has 9 heteroatoms. The SMILES string of the molecule is Cc1ccc(-c2nc(C(=O)NCc3ccccc3)c(C3CC3)n2CC[C@@H](O)C[C@@H](O)CC(=O)O)cn1. The van der Waals surface area contributed by atoms with Gasteiger partial charge < -0.3 is 25.2 Å². The van der Waals surface area contributed by atoms with Gasteiger partial charge in [0.15, 0.2) is 0 Å². The molecule has 4 N–H and O–H groups in total. The van der Waals surface area contributed by atoms with Crippen LogP contribution >= 0.6 is 0 Å². The van der Waals surface area contributed by atoms with Crippen molar-refractivity contribution in [3.63, 3.8) is 0 Å². The third-order valence-corrected chi connectivity index (χ3v) is 6.29. The molecule has 0 unspecified atom stereocenters. The van der Waals surface area contributed by atoms with Crippen LogP contribution in [0.15, 0.2) is 48.7 Å². The van der Waals surface area contributed by atoms with Crippen LogP contribution in [-0.2, 0) is 17.9 Å². The summed E-state index contributed by atoms with van der Waals surface area (Å²) in [6.07, 6.45) is 1.45. The fraction of sp³-hybridized carbons (Fsp3) is 0.407. The number of aliphatic carboxylic acids is 1. The van der Waals surface area contributed by atoms with Crippen LogP contribution in [0, 0.1) is 6.92 Å². The van der Waals surface area contributed by atoms with E-state index in [0.717, 1.165) is 35.4 Å². The standard InChI is InChI=1S/C27H32N4O5/c1-17-7-8-20(16-28-17)26-30-24(27(36)29-15-18-5-3-2-4-6-18)25(19-9-10-19)31(26)12-11-21(32)13-22(33)14-23(34)35/h2-8,16,19,21-22,32-33H,9-15H2,1H3,(H,29,36)(H,34,35)/t21-,22-/m1/s1. The second-order valence-electron chi connectivity index (χ2n) is 9.38. The monoisotopic (exact) mass is 492 g/mol. The number of hydrogen-bond acceptors (Lipinski definition) is 6. The summed E-state index contributed by atoms with van der Waals surface area (Å²) in [6.45, 7) is 2.65. The Hall–Kier alpha value is -3.56. The van der Waals surface area contributed by atoms with E-state index in [0.29, 0.717) is 24.6 Å². The summed E-state index contributed by atoms with van der Waals surface area (Å²) in [5, 5.41) is 32.2. The summed E-state index contributed by atoms with van der Waals surface area (Å²) in [5.74, 6) is -0.552. The van der Waals surface area contributed by atoms with E-state index in [9.17, 15) is 19.8 Å². The zero-order valence-corrected chi connectivity index (χ0v) is 20.3. The van der Waals surface area contributed by atoms with Gasteiger partial charge in [-0.05, 0) is 50.3 Å². The molecule has 0 radical (unpaired) electrons. The van der Waals surface area contributed by atoms with Gasteiger partial charge in [0.25, 0.3) is 5.91 Å². The summed E-state index contributed by atoms with van der Waals surface area (Å²) >= 11 is 0. The largest absolute Gasteiger partial charge is 0.481 e. The first-order valence-corrected chi connectivity index (χ1v) is 12.2. The Labute approximate surface area is 209 Å². The summed E-state index contributed by atoms with van der Waals surface area (Å²) in [4.78, 5) is 33.3. The van der Waals surface area contributed by atoms with Gasteiger partial charge >= 0.3 is 5.97 Å². The van der Waals surface area contributed by atoms with Gasteiger partial charge in [-0.2, -0.15) is 0 Å². The summed E-state index contributed by atoms with van der Waals surface area (Å²) in [6, 6.07) is 13.5. The predicted molar refractivity (Wildman–Crippen MR) is 133 cm³/mol. The Morgan fingerprint density at radius 3 is 2.50 bits per heavy atom. The number of carbonyl (C=O) groups excluding carboxylic acids is 1. The van der Waals surface area contributed by atoms with Crippen LogP contribution in [0.2, 0.25) is 0 Å². The van der Waals surface area contributed by atoms with Gasteiger partial charge in [-0.15, -0.1) is 0 Å². The van der Waals surface area contributed by atoms with Crippen LogP contribution in [0.4, 0.5) is 0 Å². The number of aliphatic hydroxyl groups excluding tert-OH is 2. The van der Waals surface area contributed by atoms with Gasteiger partial charge in [0.1, 0.15) is 11.5 Å². The minimum absolute atomic E-state index is 0.0361. The number of pyridine rings is 1. The Morgan fingerprint density at radius 2 is 1.86 bits per heavy atom. The second kappa shape index (κ2) is 11.5. The van der Waals surface area contributed by atoms with Crippen molar-refractivity contribution in [1.29, 1.82) is 0 Å². The fourth-order valence-corrected chi connectivity index (χ4v) is 4.31. The van der Waals surface area contributed by atoms with Crippen LogP contribution in [0.3, 0.4) is 0 Å². The summed E-state index contributed by atoms with van der Waals surface area (Å²) in [5.41, 5.74) is 3.84. The maximum absolute atomic E-state index is 13.3. The summed E-state index contributed by atoms with van der Waals surface area (Å²) in [7, 11) is 0. The quantitative estimate of drug-likeness (QED) is 0.305. The number of rotatable bonds is 12. The molecular formula is C27H32N4O5. The molecule has 4 rings (SSSR count). The second-order valence-corrected chi connectivity index (χ2v) is 9.38. The van der Waals surface area contributed by atoms with Crippen molar-refractivity contribution < 1.29 is 24.9 Å². The highest BCUT2D eigenvalue weighted by Crippen LogP contribution is 2.43. The normalized spacial score (nSPS) is 14.9. The molecule has 9 nitrogen and oxygen atoms in total. The van der Waals surface area contributed by atoms with Crippen molar-refractivity contribution in [2.75, 3.05) is 0 Å². The molecule has 0 aliphatic heterocycles. The molecule has 190 valence electrons. The highest BCUT2D eigenvalue weighted by molar-refractivity contribution is 5.94. The third kappa shape index (κ3) is 6.56. The van der Waals surface area contributed by atoms with Crippen molar-refractivity contribution in [2.24, 2.45) is 0 Å². The molecule has 0 bridgehead atoms. The molecule has 0 saturated heterocycles. The van der Waals surface area contributed by atoms with E-state index in [-0.39, 0.29) is 24.7 Å². The smallest absolute Gasteiger partial charge is 0.305 e. The lowest BCUT2D eigenvalue weighted by molar-refractivity contribution is -0.139. The predicted octanol–water partition coefficient (Wildman–Crippen LogP) is 3.04. The average Bonchev–Trinajstić information content (AvgIpc) is 3.61. The number of benzene rings is 1. The van der Waals surface area contributed by atoms with Gasteiger partial charge in [0.2, 0.25) is 0 Å². The number of aliphatic hydroxyl groups is 2. The number of nitrogens with one attached hydrogen (secondary N) is 1. The minimum atomic E-state index is -1.12. The van der Waals surface area contributed by atoms with E-state index >= 15 is 0 Å². The van der Waals surface area contributed by atoms with E-state index < -0.39 is 24.6 Å². The molecule has 1 saturated carbocycles. The highest BCUT2D eigenvalue weighted by atomic mass is 16.4. The molecule has 1 fully saturated rings. The van der Waals surface area contributed by atoms with Crippen molar-refractivity contribution in [3.05, 3.63) is 71.3 Å². The molecule has 36 heavy (non-hydrogen) atoms. The van der Waals surface area contributed by atoms with Crippen LogP contribution in [0.25, 0.3) is 11.4 Å². The van der Waals surface area contributed by atoms with Crippen molar-refractivity contribution in [1.82, 2.24) is 19.9 Å². The highest BCUT2D eigenvalue weighted by Gasteiger charge is 2.35. The van der Waals surface area contributed by atoms with Gasteiger partial charge in [-0.3, -0.25) is 14.6 Å². The van der Waals surface area contributed by atoms with Gasteiger partial charge in [0, 0.05) is 36.5 Å². The number of nitrogens with zero attached hydrogens (tertiary/aromatic N) is 3. The Kier molecular flexibility index (Phi) is 8.12. The van der Waals surface area contributed by atoms with E-state index in [4.69, 9.17) is 10.1 Å². The lowest BCUT2D eigenvalue weighted by Crippen LogP contribution is -2.25. The van der Waals surface area contributed by atoms with E-state index in [1.165, 1.54) is 0 Å². The first kappa shape index (κ1) is 25.5. The number of carboxylic acid groups (broad SMARTS) is 1. The molecule has 1 aliphatic carbocycles. The number of carbonyl (C=O) groups is 2. The van der Waals surface area contributed by atoms with Crippen molar-refractivity contribution in [2.45, 2.75) is 70.2 Å². The molecule has 2 atom stereocenters. The molecular weight excluding hydrogens is 460 g/mol. The Bertz CT molecular complexity index is 1190.